The molecule has 2 aliphatic heterocycles. The summed E-state index contributed by atoms with van der Waals surface area (Å²) in [6, 6.07) is 11.0. The van der Waals surface area contributed by atoms with Crippen LogP contribution in [0.4, 0.5) is 4.39 Å². The number of methoxy groups -OCH3 is 1. The molecule has 1 N–H and O–H groups in total. The second-order valence-corrected chi connectivity index (χ2v) is 11.9. The summed E-state index contributed by atoms with van der Waals surface area (Å²) in [5, 5.41) is 3.65. The van der Waals surface area contributed by atoms with Crippen molar-refractivity contribution in [2.24, 2.45) is 16.3 Å². The molecule has 0 bridgehead atoms. The number of nitrogens with zero attached hydrogens (tertiary/aromatic N) is 2. The van der Waals surface area contributed by atoms with Gasteiger partial charge >= 0.3 is 0 Å². The number of rotatable bonds is 9. The van der Waals surface area contributed by atoms with Crippen LogP contribution in [0.5, 0.6) is 5.75 Å². The Kier molecular flexibility index (Phi) is 6.62. The highest BCUT2D eigenvalue weighted by atomic mass is 19.1. The molecule has 6 rings (SSSR count). The standard InChI is InChI=1S/C34H36FN3O2/c1-5-6-30(25-8-10-32(40-4)28(35)17-25)38-14-13-36-29(23(38)3)16-24-7-9-27(22(2)15-24)31(39)20-33-18-26(33)19-34(21-33)11-12-37-34/h5-10,13-15,17,26,37H,1,3,11-12,16,18-21H2,2,4H3/b30-6-. The first kappa shape index (κ1) is 26.5. The largest absolute Gasteiger partial charge is 0.494 e. The Morgan fingerprint density at radius 1 is 1.27 bits per heavy atom. The summed E-state index contributed by atoms with van der Waals surface area (Å²) in [6.07, 6.45) is 13.1. The number of Topliss-reactive ketones (excluding diaryl/α,β-unsaturated/α-hetero) is 1. The topological polar surface area (TPSA) is 53.9 Å². The van der Waals surface area contributed by atoms with Gasteiger partial charge in [0, 0.05) is 41.9 Å². The summed E-state index contributed by atoms with van der Waals surface area (Å²) in [7, 11) is 1.44. The minimum atomic E-state index is -0.440. The van der Waals surface area contributed by atoms with Gasteiger partial charge in [0.2, 0.25) is 0 Å². The number of aryl methyl sites for hydroxylation is 1. The minimum Gasteiger partial charge on any atom is -0.494 e. The quantitative estimate of drug-likeness (QED) is 0.284. The van der Waals surface area contributed by atoms with Crippen LogP contribution < -0.4 is 10.1 Å². The Hall–Kier alpha value is -3.77. The van der Waals surface area contributed by atoms with E-state index in [1.165, 1.54) is 32.4 Å². The van der Waals surface area contributed by atoms with E-state index in [1.807, 2.05) is 36.2 Å². The summed E-state index contributed by atoms with van der Waals surface area (Å²) in [5.41, 5.74) is 6.34. The monoisotopic (exact) mass is 537 g/mol. The van der Waals surface area contributed by atoms with Gasteiger partial charge in [0.25, 0.3) is 0 Å². The van der Waals surface area contributed by atoms with Crippen LogP contribution in [-0.4, -0.2) is 35.6 Å². The van der Waals surface area contributed by atoms with Crippen LogP contribution >= 0.6 is 0 Å². The van der Waals surface area contributed by atoms with Gasteiger partial charge in [-0.3, -0.25) is 9.79 Å². The fourth-order valence-electron chi connectivity index (χ4n) is 7.11. The maximum atomic E-state index is 14.5. The van der Waals surface area contributed by atoms with E-state index >= 15 is 0 Å². The summed E-state index contributed by atoms with van der Waals surface area (Å²) in [6.45, 7) is 11.3. The highest BCUT2D eigenvalue weighted by molar-refractivity contribution is 6.03. The lowest BCUT2D eigenvalue weighted by Gasteiger charge is -2.42. The average Bonchev–Trinajstić information content (AvgIpc) is 3.46. The van der Waals surface area contributed by atoms with Crippen LogP contribution in [0.2, 0.25) is 0 Å². The fourth-order valence-corrected chi connectivity index (χ4v) is 7.11. The smallest absolute Gasteiger partial charge is 0.165 e. The molecule has 3 fully saturated rings. The number of carbonyl (C=O) groups is 1. The molecule has 3 unspecified atom stereocenters. The highest BCUT2D eigenvalue weighted by Gasteiger charge is 2.66. The summed E-state index contributed by atoms with van der Waals surface area (Å²) < 4.78 is 19.6. The number of hydrogen-bond donors (Lipinski definition) is 1. The Bertz CT molecular complexity index is 1500. The predicted molar refractivity (Wildman–Crippen MR) is 158 cm³/mol. The highest BCUT2D eigenvalue weighted by Crippen LogP contribution is 2.70. The second-order valence-electron chi connectivity index (χ2n) is 11.9. The third kappa shape index (κ3) is 4.64. The molecule has 3 atom stereocenters. The molecule has 1 saturated heterocycles. The van der Waals surface area contributed by atoms with Crippen molar-refractivity contribution in [3.8, 4) is 5.75 Å². The number of aliphatic imine (C=N–C) groups is 1. The number of fused-ring (bicyclic) bond motifs is 1. The predicted octanol–water partition coefficient (Wildman–Crippen LogP) is 6.76. The van der Waals surface area contributed by atoms with Crippen molar-refractivity contribution in [2.45, 2.75) is 51.0 Å². The summed E-state index contributed by atoms with van der Waals surface area (Å²) in [4.78, 5) is 19.9. The molecule has 0 radical (unpaired) electrons. The first-order valence-corrected chi connectivity index (χ1v) is 14.0. The number of benzene rings is 2. The van der Waals surface area contributed by atoms with Crippen LogP contribution in [0.3, 0.4) is 0 Å². The lowest BCUT2D eigenvalue weighted by molar-refractivity contribution is 0.0939. The number of halogens is 1. The molecule has 2 aliphatic carbocycles. The molecule has 5 nitrogen and oxygen atoms in total. The van der Waals surface area contributed by atoms with E-state index in [1.54, 1.807) is 24.4 Å². The first-order valence-electron chi connectivity index (χ1n) is 14.0. The SMILES string of the molecule is C=C/C=C(/c1ccc(OC)c(F)c1)N1C=CN=C(Cc2ccc(C(=O)CC34CC3CC3(CCN3)C4)c(C)c2)C1=C. The molecule has 2 aromatic rings. The van der Waals surface area contributed by atoms with E-state index in [-0.39, 0.29) is 16.9 Å². The van der Waals surface area contributed by atoms with Crippen molar-refractivity contribution in [3.63, 3.8) is 0 Å². The van der Waals surface area contributed by atoms with E-state index in [0.717, 1.165) is 41.1 Å². The van der Waals surface area contributed by atoms with E-state index in [9.17, 15) is 9.18 Å². The average molecular weight is 538 g/mol. The van der Waals surface area contributed by atoms with Gasteiger partial charge in [-0.15, -0.1) is 0 Å². The zero-order chi connectivity index (χ0) is 28.1. The van der Waals surface area contributed by atoms with Crippen LogP contribution in [0, 0.1) is 24.1 Å². The lowest BCUT2D eigenvalue weighted by Crippen LogP contribution is -2.56. The van der Waals surface area contributed by atoms with Crippen molar-refractivity contribution < 1.29 is 13.9 Å². The zero-order valence-corrected chi connectivity index (χ0v) is 23.3. The van der Waals surface area contributed by atoms with Crippen molar-refractivity contribution in [3.05, 3.63) is 108 Å². The van der Waals surface area contributed by atoms with E-state index in [2.05, 4.69) is 29.5 Å². The van der Waals surface area contributed by atoms with E-state index in [0.29, 0.717) is 35.6 Å². The van der Waals surface area contributed by atoms with E-state index < -0.39 is 5.82 Å². The van der Waals surface area contributed by atoms with Gasteiger partial charge in [-0.25, -0.2) is 4.39 Å². The molecule has 40 heavy (non-hydrogen) atoms. The van der Waals surface area contributed by atoms with Crippen molar-refractivity contribution in [1.82, 2.24) is 10.2 Å². The number of ketones is 1. The Balaban J connectivity index is 1.15. The molecule has 2 aromatic carbocycles. The van der Waals surface area contributed by atoms with Crippen LogP contribution in [-0.2, 0) is 6.42 Å². The Morgan fingerprint density at radius 2 is 2.10 bits per heavy atom. The van der Waals surface area contributed by atoms with Gasteiger partial charge < -0.3 is 15.0 Å². The molecular weight excluding hydrogens is 501 g/mol. The zero-order valence-electron chi connectivity index (χ0n) is 23.3. The molecule has 206 valence electrons. The van der Waals surface area contributed by atoms with Crippen LogP contribution in [0.25, 0.3) is 5.70 Å². The summed E-state index contributed by atoms with van der Waals surface area (Å²) >= 11 is 0. The number of ether oxygens (including phenoxy) is 1. The van der Waals surface area contributed by atoms with Gasteiger partial charge in [0.05, 0.1) is 24.2 Å². The fraction of sp³-hybridized carbons (Fsp3) is 0.353. The Labute approximate surface area is 235 Å². The maximum Gasteiger partial charge on any atom is 0.165 e. The van der Waals surface area contributed by atoms with Gasteiger partial charge in [-0.2, -0.15) is 0 Å². The molecule has 2 saturated carbocycles. The number of nitrogens with one attached hydrogen (secondary N) is 1. The van der Waals surface area contributed by atoms with Crippen molar-refractivity contribution in [2.75, 3.05) is 13.7 Å². The van der Waals surface area contributed by atoms with Gasteiger partial charge in [-0.05, 0) is 85.9 Å². The molecule has 0 amide bonds. The molecule has 0 aromatic heterocycles. The van der Waals surface area contributed by atoms with Crippen LogP contribution in [0.15, 0.2) is 84.8 Å². The Morgan fingerprint density at radius 3 is 2.75 bits per heavy atom. The number of hydrogen-bond acceptors (Lipinski definition) is 5. The number of allylic oxidation sites excluding steroid dienone is 3. The van der Waals surface area contributed by atoms with Gasteiger partial charge in [-0.1, -0.05) is 37.4 Å². The molecule has 6 heteroatoms. The first-order chi connectivity index (χ1) is 19.3. The molecule has 4 aliphatic rings. The van der Waals surface area contributed by atoms with E-state index in [4.69, 9.17) is 4.74 Å². The van der Waals surface area contributed by atoms with Gasteiger partial charge in [0.15, 0.2) is 17.3 Å². The normalized spacial score (nSPS) is 26.8. The maximum absolute atomic E-state index is 14.5. The minimum absolute atomic E-state index is 0.188. The molecule has 1 spiro atoms. The third-order valence-electron chi connectivity index (χ3n) is 9.32. The van der Waals surface area contributed by atoms with Crippen molar-refractivity contribution >= 4 is 17.2 Å². The molecule has 2 heterocycles. The number of carbonyl (C=O) groups excluding carboxylic acids is 1. The van der Waals surface area contributed by atoms with Crippen LogP contribution in [0.1, 0.15) is 59.2 Å². The second kappa shape index (κ2) is 10.0. The third-order valence-corrected chi connectivity index (χ3v) is 9.32. The lowest BCUT2D eigenvalue weighted by atomic mass is 9.79. The summed E-state index contributed by atoms with van der Waals surface area (Å²) in [5.74, 6) is 0.727. The molecular formula is C34H36FN3O2. The van der Waals surface area contributed by atoms with Crippen molar-refractivity contribution in [1.29, 1.82) is 0 Å². The van der Waals surface area contributed by atoms with Gasteiger partial charge in [0.1, 0.15) is 0 Å².